The first-order valence-electron chi connectivity index (χ1n) is 4.46. The second-order valence-corrected chi connectivity index (χ2v) is 3.96. The van der Waals surface area contributed by atoms with Gasteiger partial charge in [0.15, 0.2) is 0 Å². The van der Waals surface area contributed by atoms with Gasteiger partial charge < -0.3 is 0 Å². The lowest BCUT2D eigenvalue weighted by atomic mass is 10.1. The van der Waals surface area contributed by atoms with Gasteiger partial charge in [-0.15, -0.1) is 0 Å². The van der Waals surface area contributed by atoms with Crippen molar-refractivity contribution >= 4 is 15.9 Å². The van der Waals surface area contributed by atoms with E-state index in [0.717, 1.165) is 5.57 Å². The molecule has 0 radical (unpaired) electrons. The highest BCUT2D eigenvalue weighted by Crippen LogP contribution is 2.26. The molecule has 4 heteroatoms. The molecule has 0 aromatic carbocycles. The molecule has 0 heterocycles. The van der Waals surface area contributed by atoms with Gasteiger partial charge in [-0.2, -0.15) is 13.2 Å². The van der Waals surface area contributed by atoms with Crippen molar-refractivity contribution in [3.05, 3.63) is 23.3 Å². The maximum atomic E-state index is 12.2. The van der Waals surface area contributed by atoms with Gasteiger partial charge in [0, 0.05) is 16.8 Å². The predicted molar refractivity (Wildman–Crippen MR) is 57.6 cm³/mol. The van der Waals surface area contributed by atoms with Gasteiger partial charge in [0.2, 0.25) is 0 Å². The highest BCUT2D eigenvalue weighted by molar-refractivity contribution is 9.09. The van der Waals surface area contributed by atoms with Crippen molar-refractivity contribution < 1.29 is 13.2 Å². The zero-order valence-electron chi connectivity index (χ0n) is 8.16. The average Bonchev–Trinajstić information content (AvgIpc) is 2.25. The fourth-order valence-corrected chi connectivity index (χ4v) is 1.62. The van der Waals surface area contributed by atoms with Crippen molar-refractivity contribution in [3.63, 3.8) is 0 Å². The van der Waals surface area contributed by atoms with E-state index in [2.05, 4.69) is 27.8 Å². The minimum atomic E-state index is -4.19. The fraction of sp³-hybridized carbons (Fsp3) is 0.455. The molecule has 0 aromatic heterocycles. The minimum absolute atomic E-state index is 0.000432. The minimum Gasteiger partial charge on any atom is -0.171 e. The van der Waals surface area contributed by atoms with Crippen LogP contribution in [0.3, 0.4) is 0 Å². The summed E-state index contributed by atoms with van der Waals surface area (Å²) >= 11 is 3.23. The molecule has 1 rings (SSSR count). The van der Waals surface area contributed by atoms with Crippen LogP contribution < -0.4 is 0 Å². The molecular formula is C11H10BrF3. The molecule has 1 unspecified atom stereocenters. The molecule has 0 amide bonds. The topological polar surface area (TPSA) is 0 Å². The van der Waals surface area contributed by atoms with Gasteiger partial charge in [0.1, 0.15) is 0 Å². The average molecular weight is 279 g/mol. The maximum Gasteiger partial charge on any atom is 0.393 e. The molecule has 0 N–H and O–H groups in total. The Hall–Kier alpha value is -0.690. The number of allylic oxidation sites excluding steroid dienone is 4. The highest BCUT2D eigenvalue weighted by atomic mass is 79.9. The van der Waals surface area contributed by atoms with Crippen LogP contribution in [0.4, 0.5) is 13.2 Å². The number of alkyl halides is 4. The van der Waals surface area contributed by atoms with Crippen molar-refractivity contribution in [1.82, 2.24) is 0 Å². The smallest absolute Gasteiger partial charge is 0.171 e. The fourth-order valence-electron chi connectivity index (χ4n) is 1.27. The molecule has 15 heavy (non-hydrogen) atoms. The number of rotatable bonds is 2. The molecule has 0 bridgehead atoms. The molecule has 1 aliphatic carbocycles. The Kier molecular flexibility index (Phi) is 4.04. The van der Waals surface area contributed by atoms with Gasteiger partial charge in [-0.3, -0.25) is 0 Å². The van der Waals surface area contributed by atoms with Crippen molar-refractivity contribution in [2.75, 3.05) is 5.33 Å². The van der Waals surface area contributed by atoms with Crippen LogP contribution in [0.2, 0.25) is 0 Å². The van der Waals surface area contributed by atoms with Gasteiger partial charge in [-0.25, -0.2) is 0 Å². The summed E-state index contributed by atoms with van der Waals surface area (Å²) in [7, 11) is 0. The molecular weight excluding hydrogens is 269 g/mol. The third kappa shape index (κ3) is 4.57. The van der Waals surface area contributed by atoms with Gasteiger partial charge in [-0.1, -0.05) is 33.8 Å². The summed E-state index contributed by atoms with van der Waals surface area (Å²) in [5, 5.41) is 0.544. The Morgan fingerprint density at radius 1 is 1.47 bits per heavy atom. The van der Waals surface area contributed by atoms with Crippen molar-refractivity contribution in [3.8, 4) is 11.8 Å². The summed E-state index contributed by atoms with van der Waals surface area (Å²) in [5.41, 5.74) is 0.969. The van der Waals surface area contributed by atoms with E-state index >= 15 is 0 Å². The molecule has 0 aromatic rings. The first-order chi connectivity index (χ1) is 6.90. The zero-order chi connectivity index (χ0) is 11.5. The number of hydrogen-bond acceptors (Lipinski definition) is 0. The SMILES string of the molecule is CC1C#CC(CC(F)(F)F)=CC(CBr)=C1. The lowest BCUT2D eigenvalue weighted by Crippen LogP contribution is -2.08. The second kappa shape index (κ2) is 4.89. The van der Waals surface area contributed by atoms with E-state index < -0.39 is 12.6 Å². The summed E-state index contributed by atoms with van der Waals surface area (Å²) < 4.78 is 36.5. The summed E-state index contributed by atoms with van der Waals surface area (Å²) in [6, 6.07) is 0. The molecule has 0 saturated heterocycles. The molecule has 0 aliphatic heterocycles. The third-order valence-corrected chi connectivity index (χ3v) is 2.48. The van der Waals surface area contributed by atoms with Crippen LogP contribution in [-0.4, -0.2) is 11.5 Å². The monoisotopic (exact) mass is 278 g/mol. The zero-order valence-corrected chi connectivity index (χ0v) is 9.74. The van der Waals surface area contributed by atoms with Gasteiger partial charge in [0.05, 0.1) is 6.42 Å². The van der Waals surface area contributed by atoms with E-state index in [1.54, 1.807) is 0 Å². The Labute approximate surface area is 95.4 Å². The van der Waals surface area contributed by atoms with Crippen LogP contribution in [0.15, 0.2) is 23.3 Å². The lowest BCUT2D eigenvalue weighted by Gasteiger charge is -2.05. The Morgan fingerprint density at radius 2 is 2.13 bits per heavy atom. The quantitative estimate of drug-likeness (QED) is 0.532. The van der Waals surface area contributed by atoms with Crippen molar-refractivity contribution in [2.24, 2.45) is 5.92 Å². The molecule has 0 nitrogen and oxygen atoms in total. The highest BCUT2D eigenvalue weighted by Gasteiger charge is 2.28. The van der Waals surface area contributed by atoms with Gasteiger partial charge in [-0.05, 0) is 18.6 Å². The van der Waals surface area contributed by atoms with E-state index in [1.165, 1.54) is 6.08 Å². The first kappa shape index (κ1) is 12.4. The largest absolute Gasteiger partial charge is 0.393 e. The van der Waals surface area contributed by atoms with E-state index in [-0.39, 0.29) is 11.5 Å². The number of hydrogen-bond donors (Lipinski definition) is 0. The predicted octanol–water partition coefficient (Wildman–Crippen LogP) is 3.84. The van der Waals surface area contributed by atoms with E-state index in [9.17, 15) is 13.2 Å². The van der Waals surface area contributed by atoms with Crippen LogP contribution >= 0.6 is 15.9 Å². The van der Waals surface area contributed by atoms with E-state index in [4.69, 9.17) is 0 Å². The first-order valence-corrected chi connectivity index (χ1v) is 5.58. The standard InChI is InChI=1S/C11H10BrF3/c1-8-2-3-9(6-11(13,14)15)5-10(4-8)7-12/h4-5,8H,6-7H2,1H3. The van der Waals surface area contributed by atoms with Crippen LogP contribution in [0.5, 0.6) is 0 Å². The van der Waals surface area contributed by atoms with E-state index in [0.29, 0.717) is 5.33 Å². The lowest BCUT2D eigenvalue weighted by molar-refractivity contribution is -0.126. The van der Waals surface area contributed by atoms with Gasteiger partial charge in [0.25, 0.3) is 0 Å². The summed E-state index contributed by atoms with van der Waals surface area (Å²) in [5.74, 6) is 5.34. The van der Waals surface area contributed by atoms with Crippen LogP contribution in [0.25, 0.3) is 0 Å². The van der Waals surface area contributed by atoms with Gasteiger partial charge >= 0.3 is 6.18 Å². The molecule has 0 spiro atoms. The van der Waals surface area contributed by atoms with Crippen molar-refractivity contribution in [1.29, 1.82) is 0 Å². The molecule has 1 atom stereocenters. The van der Waals surface area contributed by atoms with E-state index in [1.807, 2.05) is 13.0 Å². The molecule has 0 fully saturated rings. The summed E-state index contributed by atoms with van der Waals surface area (Å²) in [6.07, 6.45) is -1.76. The Morgan fingerprint density at radius 3 is 2.67 bits per heavy atom. The molecule has 1 aliphatic rings. The molecule has 0 saturated carbocycles. The van der Waals surface area contributed by atoms with Crippen LogP contribution in [0.1, 0.15) is 13.3 Å². The van der Waals surface area contributed by atoms with Crippen LogP contribution in [-0.2, 0) is 0 Å². The Balaban J connectivity index is 2.89. The number of halogens is 4. The van der Waals surface area contributed by atoms with Crippen LogP contribution in [0, 0.1) is 17.8 Å². The van der Waals surface area contributed by atoms with Crippen molar-refractivity contribution in [2.45, 2.75) is 19.5 Å². The Bertz CT molecular complexity index is 352. The summed E-state index contributed by atoms with van der Waals surface area (Å²) in [6.45, 7) is 1.86. The normalized spacial score (nSPS) is 21.0. The summed E-state index contributed by atoms with van der Waals surface area (Å²) in [4.78, 5) is 0. The maximum absolute atomic E-state index is 12.2. The molecule has 82 valence electrons. The second-order valence-electron chi connectivity index (χ2n) is 3.39. The third-order valence-electron chi connectivity index (χ3n) is 1.83.